The molecule has 1 heterocycles. The molecule has 0 radical (unpaired) electrons. The van der Waals surface area contributed by atoms with E-state index in [1.54, 1.807) is 42.5 Å². The number of hydrogen-bond acceptors (Lipinski definition) is 5. The SMILES string of the molecule is CC(=O)Nc1ccc(/C=C/C(=O)NC2CCCCN(CC(=O)Nc3cccc(CN)c3)C2=O)cc1. The van der Waals surface area contributed by atoms with Crippen LogP contribution in [0.4, 0.5) is 11.4 Å². The van der Waals surface area contributed by atoms with E-state index in [1.165, 1.54) is 17.9 Å². The van der Waals surface area contributed by atoms with Crippen molar-refractivity contribution >= 4 is 41.1 Å². The molecule has 4 amide bonds. The molecule has 1 fully saturated rings. The van der Waals surface area contributed by atoms with Gasteiger partial charge in [0.1, 0.15) is 6.04 Å². The molecule has 1 aliphatic heterocycles. The van der Waals surface area contributed by atoms with Crippen molar-refractivity contribution in [3.8, 4) is 0 Å². The van der Waals surface area contributed by atoms with E-state index in [0.29, 0.717) is 30.9 Å². The molecule has 0 spiro atoms. The zero-order valence-corrected chi connectivity index (χ0v) is 19.8. The molecule has 0 saturated carbocycles. The molecule has 1 unspecified atom stereocenters. The first kappa shape index (κ1) is 25.6. The van der Waals surface area contributed by atoms with Gasteiger partial charge in [0.05, 0.1) is 6.54 Å². The Labute approximate surface area is 204 Å². The summed E-state index contributed by atoms with van der Waals surface area (Å²) < 4.78 is 0. The lowest BCUT2D eigenvalue weighted by atomic mass is 10.1. The average molecular weight is 478 g/mol. The second kappa shape index (κ2) is 12.5. The highest BCUT2D eigenvalue weighted by Crippen LogP contribution is 2.15. The summed E-state index contributed by atoms with van der Waals surface area (Å²) in [5, 5.41) is 8.25. The zero-order chi connectivity index (χ0) is 25.2. The molecule has 9 nitrogen and oxygen atoms in total. The molecule has 1 atom stereocenters. The number of nitrogens with two attached hydrogens (primary N) is 1. The van der Waals surface area contributed by atoms with Crippen molar-refractivity contribution in [3.63, 3.8) is 0 Å². The first-order valence-electron chi connectivity index (χ1n) is 11.6. The first-order chi connectivity index (χ1) is 16.8. The van der Waals surface area contributed by atoms with Gasteiger partial charge < -0.3 is 26.6 Å². The largest absolute Gasteiger partial charge is 0.341 e. The zero-order valence-electron chi connectivity index (χ0n) is 19.8. The Morgan fingerprint density at radius 2 is 1.83 bits per heavy atom. The summed E-state index contributed by atoms with van der Waals surface area (Å²) in [7, 11) is 0. The average Bonchev–Trinajstić information content (AvgIpc) is 2.99. The van der Waals surface area contributed by atoms with Crippen LogP contribution < -0.4 is 21.7 Å². The third-order valence-electron chi connectivity index (χ3n) is 5.54. The van der Waals surface area contributed by atoms with Gasteiger partial charge in [-0.15, -0.1) is 0 Å². The molecular weight excluding hydrogens is 446 g/mol. The van der Waals surface area contributed by atoms with Gasteiger partial charge in [0.25, 0.3) is 0 Å². The van der Waals surface area contributed by atoms with Crippen molar-refractivity contribution in [2.75, 3.05) is 23.7 Å². The summed E-state index contributed by atoms with van der Waals surface area (Å²) in [4.78, 5) is 50.6. The topological polar surface area (TPSA) is 134 Å². The summed E-state index contributed by atoms with van der Waals surface area (Å²) in [5.74, 6) is -1.12. The minimum atomic E-state index is -0.690. The fraction of sp³-hybridized carbons (Fsp3) is 0.308. The second-order valence-corrected chi connectivity index (χ2v) is 8.41. The molecule has 9 heteroatoms. The van der Waals surface area contributed by atoms with Gasteiger partial charge in [-0.3, -0.25) is 19.2 Å². The molecular formula is C26H31N5O4. The summed E-state index contributed by atoms with van der Waals surface area (Å²) in [6.07, 6.45) is 5.04. The van der Waals surface area contributed by atoms with Crippen molar-refractivity contribution in [3.05, 3.63) is 65.7 Å². The lowest BCUT2D eigenvalue weighted by Gasteiger charge is -2.24. The Hall–Kier alpha value is -3.98. The van der Waals surface area contributed by atoms with E-state index < -0.39 is 6.04 Å². The van der Waals surface area contributed by atoms with E-state index in [1.807, 2.05) is 12.1 Å². The fourth-order valence-corrected chi connectivity index (χ4v) is 3.82. The Bertz CT molecular complexity index is 1100. The van der Waals surface area contributed by atoms with Crippen molar-refractivity contribution < 1.29 is 19.2 Å². The van der Waals surface area contributed by atoms with Crippen LogP contribution in [-0.4, -0.2) is 47.7 Å². The van der Waals surface area contributed by atoms with E-state index >= 15 is 0 Å². The van der Waals surface area contributed by atoms with Gasteiger partial charge in [-0.25, -0.2) is 0 Å². The van der Waals surface area contributed by atoms with Gasteiger partial charge in [-0.1, -0.05) is 24.3 Å². The van der Waals surface area contributed by atoms with Crippen molar-refractivity contribution in [1.82, 2.24) is 10.2 Å². The van der Waals surface area contributed by atoms with Crippen LogP contribution in [0.1, 0.15) is 37.3 Å². The highest BCUT2D eigenvalue weighted by Gasteiger charge is 2.29. The summed E-state index contributed by atoms with van der Waals surface area (Å²) in [5.41, 5.74) is 8.61. The van der Waals surface area contributed by atoms with Crippen LogP contribution in [0.5, 0.6) is 0 Å². The monoisotopic (exact) mass is 477 g/mol. The molecule has 1 aliphatic rings. The standard InChI is InChI=1S/C26H31N5O4/c1-18(32)28-21-11-8-19(9-12-21)10-13-24(33)30-23-7-2-3-14-31(26(23)35)17-25(34)29-22-6-4-5-20(15-22)16-27/h4-6,8-13,15,23H,2-3,7,14,16-17,27H2,1H3,(H,28,32)(H,29,34)(H,30,33)/b13-10+. The molecule has 35 heavy (non-hydrogen) atoms. The van der Waals surface area contributed by atoms with Crippen LogP contribution in [0, 0.1) is 0 Å². The molecule has 0 aromatic heterocycles. The van der Waals surface area contributed by atoms with E-state index in [4.69, 9.17) is 5.73 Å². The smallest absolute Gasteiger partial charge is 0.245 e. The number of anilines is 2. The van der Waals surface area contributed by atoms with Crippen LogP contribution in [0.2, 0.25) is 0 Å². The first-order valence-corrected chi connectivity index (χ1v) is 11.6. The Morgan fingerprint density at radius 1 is 1.06 bits per heavy atom. The van der Waals surface area contributed by atoms with Crippen LogP contribution in [-0.2, 0) is 25.7 Å². The van der Waals surface area contributed by atoms with Gasteiger partial charge >= 0.3 is 0 Å². The highest BCUT2D eigenvalue weighted by molar-refractivity contribution is 5.98. The number of nitrogens with one attached hydrogen (secondary N) is 3. The minimum absolute atomic E-state index is 0.0887. The number of rotatable bonds is 8. The predicted molar refractivity (Wildman–Crippen MR) is 135 cm³/mol. The molecule has 2 aromatic rings. The second-order valence-electron chi connectivity index (χ2n) is 8.41. The van der Waals surface area contributed by atoms with Crippen molar-refractivity contribution in [2.45, 2.75) is 38.8 Å². The molecule has 3 rings (SSSR count). The molecule has 0 bridgehead atoms. The lowest BCUT2D eigenvalue weighted by molar-refractivity contribution is -0.137. The number of benzene rings is 2. The van der Waals surface area contributed by atoms with Crippen molar-refractivity contribution in [2.24, 2.45) is 5.73 Å². The number of likely N-dealkylation sites (tertiary alicyclic amines) is 1. The van der Waals surface area contributed by atoms with E-state index in [9.17, 15) is 19.2 Å². The summed E-state index contributed by atoms with van der Waals surface area (Å²) in [6, 6.07) is 13.6. The molecule has 0 aliphatic carbocycles. The number of hydrogen-bond donors (Lipinski definition) is 4. The molecule has 184 valence electrons. The van der Waals surface area contributed by atoms with Gasteiger partial charge in [0.2, 0.25) is 23.6 Å². The maximum absolute atomic E-state index is 13.0. The number of nitrogens with zero attached hydrogens (tertiary/aromatic N) is 1. The number of carbonyl (C=O) groups excluding carboxylic acids is 4. The Kier molecular flexibility index (Phi) is 9.14. The number of carbonyl (C=O) groups is 4. The van der Waals surface area contributed by atoms with Gasteiger partial charge in [0, 0.05) is 37.5 Å². The summed E-state index contributed by atoms with van der Waals surface area (Å²) >= 11 is 0. The highest BCUT2D eigenvalue weighted by atomic mass is 16.2. The molecule has 2 aromatic carbocycles. The van der Waals surface area contributed by atoms with Crippen LogP contribution >= 0.6 is 0 Å². The molecule has 5 N–H and O–H groups in total. The third-order valence-corrected chi connectivity index (χ3v) is 5.54. The lowest BCUT2D eigenvalue weighted by Crippen LogP contribution is -2.49. The fourth-order valence-electron chi connectivity index (χ4n) is 3.82. The Morgan fingerprint density at radius 3 is 2.54 bits per heavy atom. The Balaban J connectivity index is 1.55. The van der Waals surface area contributed by atoms with Crippen LogP contribution in [0.15, 0.2) is 54.6 Å². The van der Waals surface area contributed by atoms with Crippen molar-refractivity contribution in [1.29, 1.82) is 0 Å². The van der Waals surface area contributed by atoms with Crippen LogP contribution in [0.3, 0.4) is 0 Å². The normalized spacial score (nSPS) is 16.0. The van der Waals surface area contributed by atoms with E-state index in [2.05, 4.69) is 16.0 Å². The van der Waals surface area contributed by atoms with E-state index in [0.717, 1.165) is 24.0 Å². The quantitative estimate of drug-likeness (QED) is 0.433. The van der Waals surface area contributed by atoms with Gasteiger partial charge in [0.15, 0.2) is 0 Å². The molecule has 1 saturated heterocycles. The summed E-state index contributed by atoms with van der Waals surface area (Å²) in [6.45, 7) is 2.17. The maximum atomic E-state index is 13.0. The van der Waals surface area contributed by atoms with Gasteiger partial charge in [-0.05, 0) is 60.7 Å². The van der Waals surface area contributed by atoms with Crippen LogP contribution in [0.25, 0.3) is 6.08 Å². The number of amides is 4. The third kappa shape index (κ3) is 8.08. The minimum Gasteiger partial charge on any atom is -0.341 e. The predicted octanol–water partition coefficient (Wildman–Crippen LogP) is 2.25. The van der Waals surface area contributed by atoms with Gasteiger partial charge in [-0.2, -0.15) is 0 Å². The maximum Gasteiger partial charge on any atom is 0.245 e. The van der Waals surface area contributed by atoms with E-state index in [-0.39, 0.29) is 30.2 Å².